The van der Waals surface area contributed by atoms with Crippen LogP contribution in [-0.4, -0.2) is 33.8 Å². The van der Waals surface area contributed by atoms with Gasteiger partial charge < -0.3 is 9.84 Å². The molecule has 0 amide bonds. The smallest absolute Gasteiger partial charge is 0.244 e. The summed E-state index contributed by atoms with van der Waals surface area (Å²) in [5, 5.41) is 8.92. The molecule has 0 unspecified atom stereocenters. The fourth-order valence-corrected chi connectivity index (χ4v) is 3.75. The molecule has 1 rings (SSSR count). The third-order valence-electron chi connectivity index (χ3n) is 2.09. The Labute approximate surface area is 119 Å². The fourth-order valence-electron chi connectivity index (χ4n) is 1.30. The molecule has 0 aliphatic rings. The van der Waals surface area contributed by atoms with Crippen molar-refractivity contribution in [1.29, 1.82) is 0 Å². The van der Waals surface area contributed by atoms with E-state index in [0.29, 0.717) is 10.9 Å². The van der Waals surface area contributed by atoms with Gasteiger partial charge in [0.25, 0.3) is 0 Å². The predicted octanol–water partition coefficient (Wildman–Crippen LogP) is 1.77. The molecule has 0 fully saturated rings. The second kappa shape index (κ2) is 6.72. The van der Waals surface area contributed by atoms with E-state index in [-0.39, 0.29) is 28.8 Å². The first-order chi connectivity index (χ1) is 8.42. The molecule has 1 aromatic rings. The van der Waals surface area contributed by atoms with Crippen LogP contribution in [0.4, 0.5) is 0 Å². The Morgan fingerprint density at radius 1 is 1.50 bits per heavy atom. The molecular formula is C10H13BrClNO4S. The van der Waals surface area contributed by atoms with Crippen molar-refractivity contribution in [1.82, 2.24) is 4.72 Å². The Kier molecular flexibility index (Phi) is 5.87. The highest BCUT2D eigenvalue weighted by Crippen LogP contribution is 2.35. The molecule has 2 N–H and O–H groups in total. The van der Waals surface area contributed by atoms with Crippen LogP contribution >= 0.6 is 27.5 Å². The molecule has 0 saturated heterocycles. The second-order valence-electron chi connectivity index (χ2n) is 3.39. The van der Waals surface area contributed by atoms with Crippen molar-refractivity contribution in [2.45, 2.75) is 11.3 Å². The Balaban J connectivity index is 3.14. The minimum atomic E-state index is -3.72. The van der Waals surface area contributed by atoms with Crippen molar-refractivity contribution in [2.75, 3.05) is 20.3 Å². The average Bonchev–Trinajstić information content (AvgIpc) is 2.28. The van der Waals surface area contributed by atoms with Gasteiger partial charge in [-0.3, -0.25) is 0 Å². The molecular weight excluding hydrogens is 346 g/mol. The molecule has 5 nitrogen and oxygen atoms in total. The topological polar surface area (TPSA) is 75.6 Å². The van der Waals surface area contributed by atoms with E-state index in [4.69, 9.17) is 21.4 Å². The van der Waals surface area contributed by atoms with Gasteiger partial charge in [0, 0.05) is 18.2 Å². The van der Waals surface area contributed by atoms with Crippen LogP contribution in [0.3, 0.4) is 0 Å². The Hall–Kier alpha value is -0.340. The SMILES string of the molecule is COc1c(Br)cc(Cl)cc1S(=O)(=O)NCCCO. The molecule has 0 aliphatic carbocycles. The lowest BCUT2D eigenvalue weighted by molar-refractivity contribution is 0.289. The predicted molar refractivity (Wildman–Crippen MR) is 72.6 cm³/mol. The maximum atomic E-state index is 12.0. The van der Waals surface area contributed by atoms with Gasteiger partial charge in [0.1, 0.15) is 4.90 Å². The van der Waals surface area contributed by atoms with E-state index >= 15 is 0 Å². The average molecular weight is 359 g/mol. The zero-order valence-electron chi connectivity index (χ0n) is 9.61. The van der Waals surface area contributed by atoms with Crippen LogP contribution < -0.4 is 9.46 Å². The molecule has 102 valence electrons. The normalized spacial score (nSPS) is 11.6. The van der Waals surface area contributed by atoms with Gasteiger partial charge in [-0.05, 0) is 34.5 Å². The molecule has 0 heterocycles. The number of rotatable bonds is 6. The first kappa shape index (κ1) is 15.7. The van der Waals surface area contributed by atoms with Gasteiger partial charge >= 0.3 is 0 Å². The summed E-state index contributed by atoms with van der Waals surface area (Å²) in [5.41, 5.74) is 0. The third kappa shape index (κ3) is 3.83. The molecule has 0 saturated carbocycles. The minimum absolute atomic E-state index is 0.0395. The van der Waals surface area contributed by atoms with Gasteiger partial charge in [-0.25, -0.2) is 13.1 Å². The summed E-state index contributed by atoms with van der Waals surface area (Å²) in [5.74, 6) is 0.191. The van der Waals surface area contributed by atoms with Crippen LogP contribution in [0.25, 0.3) is 0 Å². The summed E-state index contributed by atoms with van der Waals surface area (Å²) in [6.07, 6.45) is 0.337. The summed E-state index contributed by atoms with van der Waals surface area (Å²) in [6, 6.07) is 2.86. The van der Waals surface area contributed by atoms with Crippen molar-refractivity contribution in [3.8, 4) is 5.75 Å². The lowest BCUT2D eigenvalue weighted by Gasteiger charge is -2.12. The molecule has 0 bridgehead atoms. The molecule has 0 atom stereocenters. The van der Waals surface area contributed by atoms with Crippen LogP contribution in [-0.2, 0) is 10.0 Å². The molecule has 0 spiro atoms. The van der Waals surface area contributed by atoms with Crippen molar-refractivity contribution in [2.24, 2.45) is 0 Å². The van der Waals surface area contributed by atoms with Crippen molar-refractivity contribution < 1.29 is 18.3 Å². The highest BCUT2D eigenvalue weighted by atomic mass is 79.9. The van der Waals surface area contributed by atoms with Crippen LogP contribution in [0, 0.1) is 0 Å². The van der Waals surface area contributed by atoms with Crippen LogP contribution in [0.2, 0.25) is 5.02 Å². The van der Waals surface area contributed by atoms with Gasteiger partial charge in [-0.1, -0.05) is 11.6 Å². The number of aliphatic hydroxyl groups is 1. The van der Waals surface area contributed by atoms with Crippen molar-refractivity contribution in [3.63, 3.8) is 0 Å². The number of sulfonamides is 1. The van der Waals surface area contributed by atoms with Crippen molar-refractivity contribution in [3.05, 3.63) is 21.6 Å². The second-order valence-corrected chi connectivity index (χ2v) is 6.42. The summed E-state index contributed by atoms with van der Waals surface area (Å²) in [6.45, 7) is 0.0605. The molecule has 8 heteroatoms. The van der Waals surface area contributed by atoms with E-state index in [1.807, 2.05) is 0 Å². The molecule has 0 radical (unpaired) electrons. The number of hydrogen-bond acceptors (Lipinski definition) is 4. The number of ether oxygens (including phenoxy) is 1. The largest absolute Gasteiger partial charge is 0.494 e. The first-order valence-corrected chi connectivity index (χ1v) is 7.71. The van der Waals surface area contributed by atoms with Crippen LogP contribution in [0.5, 0.6) is 5.75 Å². The summed E-state index contributed by atoms with van der Waals surface area (Å²) in [4.78, 5) is -0.0395. The van der Waals surface area contributed by atoms with Gasteiger partial charge in [-0.2, -0.15) is 0 Å². The van der Waals surface area contributed by atoms with E-state index in [1.54, 1.807) is 6.07 Å². The summed E-state index contributed by atoms with van der Waals surface area (Å²) in [7, 11) is -2.35. The molecule has 0 aliphatic heterocycles. The highest BCUT2D eigenvalue weighted by molar-refractivity contribution is 9.10. The number of hydrogen-bond donors (Lipinski definition) is 2. The lowest BCUT2D eigenvalue weighted by Crippen LogP contribution is -2.25. The Morgan fingerprint density at radius 2 is 2.17 bits per heavy atom. The summed E-state index contributed by atoms with van der Waals surface area (Å²) < 4.78 is 31.9. The number of nitrogens with one attached hydrogen (secondary N) is 1. The maximum Gasteiger partial charge on any atom is 0.244 e. The standard InChI is InChI=1S/C10H13BrClNO4S/c1-17-10-8(11)5-7(12)6-9(10)18(15,16)13-3-2-4-14/h5-6,13-14H,2-4H2,1H3. The van der Waals surface area contributed by atoms with E-state index in [1.165, 1.54) is 13.2 Å². The maximum absolute atomic E-state index is 12.0. The van der Waals surface area contributed by atoms with Gasteiger partial charge in [-0.15, -0.1) is 0 Å². The molecule has 18 heavy (non-hydrogen) atoms. The van der Waals surface area contributed by atoms with Crippen LogP contribution in [0.1, 0.15) is 6.42 Å². The Morgan fingerprint density at radius 3 is 2.72 bits per heavy atom. The van der Waals surface area contributed by atoms with E-state index < -0.39 is 10.0 Å². The first-order valence-electron chi connectivity index (χ1n) is 5.06. The van der Waals surface area contributed by atoms with Gasteiger partial charge in [0.2, 0.25) is 10.0 Å². The van der Waals surface area contributed by atoms with E-state index in [9.17, 15) is 8.42 Å². The monoisotopic (exact) mass is 357 g/mol. The van der Waals surface area contributed by atoms with E-state index in [0.717, 1.165) is 0 Å². The lowest BCUT2D eigenvalue weighted by atomic mass is 10.3. The Bertz CT molecular complexity index is 521. The highest BCUT2D eigenvalue weighted by Gasteiger charge is 2.21. The fraction of sp³-hybridized carbons (Fsp3) is 0.400. The number of methoxy groups -OCH3 is 1. The number of halogens is 2. The zero-order chi connectivity index (χ0) is 13.8. The molecule has 1 aromatic carbocycles. The summed E-state index contributed by atoms with van der Waals surface area (Å²) >= 11 is 9.02. The third-order valence-corrected chi connectivity index (χ3v) is 4.37. The molecule has 0 aromatic heterocycles. The van der Waals surface area contributed by atoms with Gasteiger partial charge in [0.15, 0.2) is 5.75 Å². The van der Waals surface area contributed by atoms with Gasteiger partial charge in [0.05, 0.1) is 11.6 Å². The van der Waals surface area contributed by atoms with Crippen molar-refractivity contribution >= 4 is 37.6 Å². The zero-order valence-corrected chi connectivity index (χ0v) is 12.8. The quantitative estimate of drug-likeness (QED) is 0.760. The van der Waals surface area contributed by atoms with E-state index in [2.05, 4.69) is 20.7 Å². The number of aliphatic hydroxyl groups excluding tert-OH is 1. The minimum Gasteiger partial charge on any atom is -0.494 e. The number of benzene rings is 1. The van der Waals surface area contributed by atoms with Crippen LogP contribution in [0.15, 0.2) is 21.5 Å².